The molecular weight excluding hydrogens is 224 g/mol. The van der Waals surface area contributed by atoms with Crippen LogP contribution in [0, 0.1) is 23.2 Å². The van der Waals surface area contributed by atoms with Crippen molar-refractivity contribution < 1.29 is 0 Å². The minimum absolute atomic E-state index is 0.542. The molecule has 2 N–H and O–H groups in total. The third-order valence-corrected chi connectivity index (χ3v) is 3.89. The summed E-state index contributed by atoms with van der Waals surface area (Å²) in [6.07, 6.45) is 2.85. The maximum atomic E-state index is 9.04. The van der Waals surface area contributed by atoms with Crippen LogP contribution in [0.2, 0.25) is 0 Å². The molecule has 1 aliphatic heterocycles. The van der Waals surface area contributed by atoms with E-state index in [9.17, 15) is 0 Å². The average Bonchev–Trinajstić information content (AvgIpc) is 2.41. The normalized spacial score (nSPS) is 24.7. The Balaban J connectivity index is 2.04. The Bertz CT molecular complexity index is 438. The van der Waals surface area contributed by atoms with Gasteiger partial charge < -0.3 is 5.73 Å². The SMILES string of the molecule is CC1CCN(Cc2cccnc2C#N)CC1CN. The maximum Gasteiger partial charge on any atom is 0.144 e. The molecule has 1 aromatic rings. The van der Waals surface area contributed by atoms with E-state index in [1.807, 2.05) is 12.1 Å². The van der Waals surface area contributed by atoms with E-state index in [2.05, 4.69) is 22.9 Å². The second-order valence-electron chi connectivity index (χ2n) is 5.12. The van der Waals surface area contributed by atoms with Crippen LogP contribution in [0.25, 0.3) is 0 Å². The molecular formula is C14H20N4. The summed E-state index contributed by atoms with van der Waals surface area (Å²) in [6.45, 7) is 5.93. The molecule has 0 spiro atoms. The predicted octanol–water partition coefficient (Wildman–Crippen LogP) is 1.37. The van der Waals surface area contributed by atoms with Crippen LogP contribution in [-0.2, 0) is 6.54 Å². The molecule has 0 radical (unpaired) electrons. The second kappa shape index (κ2) is 5.94. The molecule has 0 aliphatic carbocycles. The van der Waals surface area contributed by atoms with Gasteiger partial charge in [0, 0.05) is 24.8 Å². The van der Waals surface area contributed by atoms with Gasteiger partial charge in [-0.2, -0.15) is 5.26 Å². The van der Waals surface area contributed by atoms with E-state index in [1.54, 1.807) is 6.20 Å². The summed E-state index contributed by atoms with van der Waals surface area (Å²) in [5.41, 5.74) is 7.37. The van der Waals surface area contributed by atoms with E-state index in [1.165, 1.54) is 6.42 Å². The average molecular weight is 244 g/mol. The molecule has 2 rings (SSSR count). The lowest BCUT2D eigenvalue weighted by atomic mass is 9.87. The van der Waals surface area contributed by atoms with Crippen molar-refractivity contribution in [2.24, 2.45) is 17.6 Å². The molecule has 1 aromatic heterocycles. The molecule has 0 saturated carbocycles. The fraction of sp³-hybridized carbons (Fsp3) is 0.571. The first-order valence-corrected chi connectivity index (χ1v) is 6.51. The summed E-state index contributed by atoms with van der Waals surface area (Å²) in [5, 5.41) is 9.04. The Morgan fingerprint density at radius 1 is 1.61 bits per heavy atom. The summed E-state index contributed by atoms with van der Waals surface area (Å²) in [5.74, 6) is 1.27. The van der Waals surface area contributed by atoms with Crippen molar-refractivity contribution in [3.8, 4) is 6.07 Å². The highest BCUT2D eigenvalue weighted by Gasteiger charge is 2.25. The van der Waals surface area contributed by atoms with Gasteiger partial charge in [0.1, 0.15) is 11.8 Å². The lowest BCUT2D eigenvalue weighted by Crippen LogP contribution is -2.42. The number of aromatic nitrogens is 1. The molecule has 2 atom stereocenters. The highest BCUT2D eigenvalue weighted by atomic mass is 15.1. The highest BCUT2D eigenvalue weighted by molar-refractivity contribution is 5.30. The number of rotatable bonds is 3. The summed E-state index contributed by atoms with van der Waals surface area (Å²) >= 11 is 0. The molecule has 4 heteroatoms. The van der Waals surface area contributed by atoms with E-state index in [0.29, 0.717) is 17.5 Å². The molecule has 1 fully saturated rings. The van der Waals surface area contributed by atoms with Crippen molar-refractivity contribution in [2.75, 3.05) is 19.6 Å². The van der Waals surface area contributed by atoms with Crippen LogP contribution in [0.3, 0.4) is 0 Å². The van der Waals surface area contributed by atoms with Crippen LogP contribution >= 0.6 is 0 Å². The number of nitrogens with two attached hydrogens (primary N) is 1. The number of piperidine rings is 1. The van der Waals surface area contributed by atoms with Gasteiger partial charge >= 0.3 is 0 Å². The Morgan fingerprint density at radius 2 is 2.44 bits per heavy atom. The van der Waals surface area contributed by atoms with E-state index in [-0.39, 0.29) is 0 Å². The Morgan fingerprint density at radius 3 is 3.17 bits per heavy atom. The maximum absolute atomic E-state index is 9.04. The molecule has 18 heavy (non-hydrogen) atoms. The van der Waals surface area contributed by atoms with E-state index in [0.717, 1.165) is 31.7 Å². The monoisotopic (exact) mass is 244 g/mol. The zero-order chi connectivity index (χ0) is 13.0. The predicted molar refractivity (Wildman–Crippen MR) is 70.6 cm³/mol. The van der Waals surface area contributed by atoms with Crippen LogP contribution in [0.15, 0.2) is 18.3 Å². The van der Waals surface area contributed by atoms with Crippen LogP contribution in [-0.4, -0.2) is 29.5 Å². The standard InChI is InChI=1S/C14H20N4/c1-11-4-6-18(10-13(11)7-15)9-12-3-2-5-17-14(12)8-16/h2-3,5,11,13H,4,6-7,9-10,15H2,1H3. The lowest BCUT2D eigenvalue weighted by molar-refractivity contribution is 0.126. The zero-order valence-electron chi connectivity index (χ0n) is 10.8. The third kappa shape index (κ3) is 2.87. The molecule has 96 valence electrons. The lowest BCUT2D eigenvalue weighted by Gasteiger charge is -2.36. The van der Waals surface area contributed by atoms with Crippen LogP contribution < -0.4 is 5.73 Å². The van der Waals surface area contributed by atoms with E-state index in [4.69, 9.17) is 11.0 Å². The summed E-state index contributed by atoms with van der Waals surface area (Å²) < 4.78 is 0. The molecule has 0 amide bonds. The molecule has 0 bridgehead atoms. The van der Waals surface area contributed by atoms with Gasteiger partial charge in [-0.1, -0.05) is 13.0 Å². The number of pyridine rings is 1. The number of likely N-dealkylation sites (tertiary alicyclic amines) is 1. The highest BCUT2D eigenvalue weighted by Crippen LogP contribution is 2.23. The van der Waals surface area contributed by atoms with Gasteiger partial charge in [0.25, 0.3) is 0 Å². The molecule has 2 heterocycles. The van der Waals surface area contributed by atoms with Gasteiger partial charge in [-0.3, -0.25) is 4.90 Å². The summed E-state index contributed by atoms with van der Waals surface area (Å²) in [4.78, 5) is 6.49. The van der Waals surface area contributed by atoms with Gasteiger partial charge in [0.15, 0.2) is 0 Å². The third-order valence-electron chi connectivity index (χ3n) is 3.89. The quantitative estimate of drug-likeness (QED) is 0.872. The first-order chi connectivity index (χ1) is 8.74. The van der Waals surface area contributed by atoms with Crippen molar-refractivity contribution in [1.82, 2.24) is 9.88 Å². The number of nitrogens with zero attached hydrogens (tertiary/aromatic N) is 3. The van der Waals surface area contributed by atoms with Gasteiger partial charge in [-0.25, -0.2) is 4.98 Å². The van der Waals surface area contributed by atoms with Crippen LogP contribution in [0.5, 0.6) is 0 Å². The first-order valence-electron chi connectivity index (χ1n) is 6.51. The Labute approximate surface area is 108 Å². The van der Waals surface area contributed by atoms with Crippen molar-refractivity contribution >= 4 is 0 Å². The Hall–Kier alpha value is -1.44. The molecule has 1 aliphatic rings. The fourth-order valence-electron chi connectivity index (χ4n) is 2.58. The van der Waals surface area contributed by atoms with Gasteiger partial charge in [-0.15, -0.1) is 0 Å². The van der Waals surface area contributed by atoms with Gasteiger partial charge in [0.05, 0.1) is 0 Å². The summed E-state index contributed by atoms with van der Waals surface area (Å²) in [7, 11) is 0. The molecule has 4 nitrogen and oxygen atoms in total. The molecule has 0 aromatic carbocycles. The fourth-order valence-corrected chi connectivity index (χ4v) is 2.58. The largest absolute Gasteiger partial charge is 0.330 e. The number of nitriles is 1. The van der Waals surface area contributed by atoms with Crippen molar-refractivity contribution in [2.45, 2.75) is 19.9 Å². The number of hydrogen-bond donors (Lipinski definition) is 1. The van der Waals surface area contributed by atoms with Gasteiger partial charge in [0.2, 0.25) is 0 Å². The minimum Gasteiger partial charge on any atom is -0.330 e. The van der Waals surface area contributed by atoms with Crippen molar-refractivity contribution in [3.63, 3.8) is 0 Å². The zero-order valence-corrected chi connectivity index (χ0v) is 10.8. The number of hydrogen-bond acceptors (Lipinski definition) is 4. The minimum atomic E-state index is 0.542. The van der Waals surface area contributed by atoms with E-state index < -0.39 is 0 Å². The van der Waals surface area contributed by atoms with E-state index >= 15 is 0 Å². The van der Waals surface area contributed by atoms with Crippen LogP contribution in [0.4, 0.5) is 0 Å². The van der Waals surface area contributed by atoms with Crippen molar-refractivity contribution in [3.05, 3.63) is 29.6 Å². The van der Waals surface area contributed by atoms with Crippen LogP contribution in [0.1, 0.15) is 24.6 Å². The first kappa shape index (κ1) is 13.0. The topological polar surface area (TPSA) is 65.9 Å². The molecule has 1 saturated heterocycles. The molecule has 2 unspecified atom stereocenters. The summed E-state index contributed by atoms with van der Waals surface area (Å²) in [6, 6.07) is 6.04. The second-order valence-corrected chi connectivity index (χ2v) is 5.12. The smallest absolute Gasteiger partial charge is 0.144 e. The Kier molecular flexibility index (Phi) is 4.29. The van der Waals surface area contributed by atoms with Crippen molar-refractivity contribution in [1.29, 1.82) is 5.26 Å². The van der Waals surface area contributed by atoms with Gasteiger partial charge in [-0.05, 0) is 37.4 Å².